The summed E-state index contributed by atoms with van der Waals surface area (Å²) in [7, 11) is -2.41. The largest absolute Gasteiger partial charge is 0.495 e. The second-order valence-electron chi connectivity index (χ2n) is 7.12. The van der Waals surface area contributed by atoms with Crippen molar-refractivity contribution in [2.45, 2.75) is 25.7 Å². The van der Waals surface area contributed by atoms with Crippen LogP contribution in [-0.2, 0) is 10.0 Å². The van der Waals surface area contributed by atoms with E-state index >= 15 is 0 Å². The molecule has 0 atom stereocenters. The van der Waals surface area contributed by atoms with Crippen molar-refractivity contribution in [1.29, 1.82) is 0 Å². The van der Waals surface area contributed by atoms with Crippen LogP contribution in [0, 0.1) is 20.8 Å². The third-order valence-electron chi connectivity index (χ3n) is 5.03. The van der Waals surface area contributed by atoms with E-state index in [4.69, 9.17) is 4.74 Å². The zero-order valence-corrected chi connectivity index (χ0v) is 18.0. The van der Waals surface area contributed by atoms with Crippen LogP contribution in [-0.4, -0.2) is 30.3 Å². The fourth-order valence-corrected chi connectivity index (χ4v) is 4.56. The molecule has 2 heterocycles. The maximum atomic E-state index is 13.1. The molecule has 8 heteroatoms. The first kappa shape index (κ1) is 19.9. The Morgan fingerprint density at radius 2 is 1.70 bits per heavy atom. The number of benzene rings is 2. The van der Waals surface area contributed by atoms with Gasteiger partial charge in [-0.15, -0.1) is 0 Å². The molecule has 0 aliphatic carbocycles. The number of aromatic nitrogens is 3. The van der Waals surface area contributed by atoms with E-state index in [1.807, 2.05) is 51.1 Å². The normalized spacial score (nSPS) is 11.6. The summed E-state index contributed by atoms with van der Waals surface area (Å²) in [6.45, 7) is 5.64. The van der Waals surface area contributed by atoms with Crippen molar-refractivity contribution >= 4 is 26.7 Å². The predicted octanol–water partition coefficient (Wildman–Crippen LogP) is 4.16. The summed E-state index contributed by atoms with van der Waals surface area (Å²) < 4.78 is 35.8. The molecule has 0 spiro atoms. The summed E-state index contributed by atoms with van der Waals surface area (Å²) in [6, 6.07) is 14.8. The number of para-hydroxylation sites is 1. The minimum absolute atomic E-state index is 0.0879. The highest BCUT2D eigenvalue weighted by molar-refractivity contribution is 7.92. The van der Waals surface area contributed by atoms with E-state index in [2.05, 4.69) is 14.8 Å². The number of methoxy groups -OCH3 is 1. The Labute approximate surface area is 175 Å². The first-order valence-corrected chi connectivity index (χ1v) is 10.9. The number of ether oxygens (including phenoxy) is 1. The van der Waals surface area contributed by atoms with Gasteiger partial charge >= 0.3 is 0 Å². The number of nitrogens with zero attached hydrogens (tertiary/aromatic N) is 3. The van der Waals surface area contributed by atoms with Crippen molar-refractivity contribution in [2.24, 2.45) is 0 Å². The maximum Gasteiger partial charge on any atom is 0.265 e. The molecule has 4 aromatic rings. The number of hydrogen-bond acceptors (Lipinski definition) is 5. The molecule has 0 saturated heterocycles. The third kappa shape index (κ3) is 3.50. The summed E-state index contributed by atoms with van der Waals surface area (Å²) in [5, 5.41) is 5.33. The Morgan fingerprint density at radius 1 is 1.00 bits per heavy atom. The molecule has 30 heavy (non-hydrogen) atoms. The number of pyridine rings is 1. The Hall–Kier alpha value is -3.39. The SMILES string of the molecule is COc1cc(C)c(C)cc1S(=O)(=O)Nc1cnc2c(c1)c(C)nn2-c1ccccc1. The smallest absolute Gasteiger partial charge is 0.265 e. The molecule has 0 radical (unpaired) electrons. The third-order valence-corrected chi connectivity index (χ3v) is 6.43. The molecular weight excluding hydrogens is 400 g/mol. The average Bonchev–Trinajstić information content (AvgIpc) is 3.06. The average molecular weight is 423 g/mol. The van der Waals surface area contributed by atoms with E-state index < -0.39 is 10.0 Å². The quantitative estimate of drug-likeness (QED) is 0.522. The molecule has 0 aliphatic heterocycles. The minimum atomic E-state index is -3.86. The van der Waals surface area contributed by atoms with Crippen molar-refractivity contribution in [3.8, 4) is 11.4 Å². The summed E-state index contributed by atoms with van der Waals surface area (Å²) in [6.07, 6.45) is 1.49. The highest BCUT2D eigenvalue weighted by Crippen LogP contribution is 2.30. The van der Waals surface area contributed by atoms with Gasteiger partial charge in [-0.25, -0.2) is 18.1 Å². The number of fused-ring (bicyclic) bond motifs is 1. The molecule has 2 aromatic carbocycles. The standard InChI is InChI=1S/C22H22N4O3S/c1-14-10-20(29-4)21(11-15(14)2)30(27,28)25-17-12-19-16(3)24-26(22(19)23-13-17)18-8-6-5-7-9-18/h5-13,25H,1-4H3. The maximum absolute atomic E-state index is 13.1. The number of sulfonamides is 1. The van der Waals surface area contributed by atoms with E-state index in [1.165, 1.54) is 13.3 Å². The lowest BCUT2D eigenvalue weighted by Gasteiger charge is -2.14. The molecule has 7 nitrogen and oxygen atoms in total. The highest BCUT2D eigenvalue weighted by Gasteiger charge is 2.22. The summed E-state index contributed by atoms with van der Waals surface area (Å²) >= 11 is 0. The zero-order valence-electron chi connectivity index (χ0n) is 17.2. The molecule has 154 valence electrons. The van der Waals surface area contributed by atoms with Gasteiger partial charge in [-0.3, -0.25) is 4.72 Å². The van der Waals surface area contributed by atoms with Crippen LogP contribution < -0.4 is 9.46 Å². The van der Waals surface area contributed by atoms with Crippen molar-refractivity contribution in [2.75, 3.05) is 11.8 Å². The van der Waals surface area contributed by atoms with Crippen LogP contribution in [0.3, 0.4) is 0 Å². The van der Waals surface area contributed by atoms with E-state index in [9.17, 15) is 8.42 Å². The van der Waals surface area contributed by atoms with Gasteiger partial charge in [0.15, 0.2) is 5.65 Å². The van der Waals surface area contributed by atoms with Gasteiger partial charge in [-0.1, -0.05) is 18.2 Å². The molecule has 0 fully saturated rings. The molecule has 2 aromatic heterocycles. The molecule has 0 bridgehead atoms. The molecule has 0 amide bonds. The second kappa shape index (κ2) is 7.46. The van der Waals surface area contributed by atoms with Crippen molar-refractivity contribution in [3.05, 3.63) is 71.5 Å². The van der Waals surface area contributed by atoms with Crippen molar-refractivity contribution < 1.29 is 13.2 Å². The van der Waals surface area contributed by atoms with Crippen LogP contribution in [0.1, 0.15) is 16.8 Å². The Bertz CT molecular complexity index is 1350. The fourth-order valence-electron chi connectivity index (χ4n) is 3.29. The van der Waals surface area contributed by atoms with Crippen LogP contribution >= 0.6 is 0 Å². The van der Waals surface area contributed by atoms with E-state index in [-0.39, 0.29) is 4.90 Å². The van der Waals surface area contributed by atoms with Crippen LogP contribution in [0.25, 0.3) is 16.7 Å². The van der Waals surface area contributed by atoms with E-state index in [0.717, 1.165) is 27.9 Å². The van der Waals surface area contributed by atoms with Gasteiger partial charge in [-0.2, -0.15) is 5.10 Å². The van der Waals surface area contributed by atoms with Gasteiger partial charge in [0, 0.05) is 5.39 Å². The monoisotopic (exact) mass is 422 g/mol. The van der Waals surface area contributed by atoms with Crippen LogP contribution in [0.4, 0.5) is 5.69 Å². The molecule has 0 saturated carbocycles. The topological polar surface area (TPSA) is 86.1 Å². The molecular formula is C22H22N4O3S. The van der Waals surface area contributed by atoms with Gasteiger partial charge in [0.05, 0.1) is 30.4 Å². The number of nitrogens with one attached hydrogen (secondary N) is 1. The molecule has 4 rings (SSSR count). The van der Waals surface area contributed by atoms with Crippen LogP contribution in [0.5, 0.6) is 5.75 Å². The number of hydrogen-bond donors (Lipinski definition) is 1. The number of anilines is 1. The van der Waals surface area contributed by atoms with Crippen LogP contribution in [0.2, 0.25) is 0 Å². The van der Waals surface area contributed by atoms with E-state index in [0.29, 0.717) is 17.1 Å². The Kier molecular flexibility index (Phi) is 4.95. The lowest BCUT2D eigenvalue weighted by Crippen LogP contribution is -2.15. The van der Waals surface area contributed by atoms with Crippen molar-refractivity contribution in [1.82, 2.24) is 14.8 Å². The highest BCUT2D eigenvalue weighted by atomic mass is 32.2. The van der Waals surface area contributed by atoms with Crippen molar-refractivity contribution in [3.63, 3.8) is 0 Å². The Morgan fingerprint density at radius 3 is 2.40 bits per heavy atom. The van der Waals surface area contributed by atoms with Gasteiger partial charge in [0.2, 0.25) is 0 Å². The second-order valence-corrected chi connectivity index (χ2v) is 8.77. The first-order chi connectivity index (χ1) is 14.3. The van der Waals surface area contributed by atoms with Gasteiger partial charge < -0.3 is 4.74 Å². The number of rotatable bonds is 5. The minimum Gasteiger partial charge on any atom is -0.495 e. The van der Waals surface area contributed by atoms with E-state index in [1.54, 1.807) is 22.9 Å². The van der Waals surface area contributed by atoms with Crippen LogP contribution in [0.15, 0.2) is 59.6 Å². The lowest BCUT2D eigenvalue weighted by molar-refractivity contribution is 0.402. The summed E-state index contributed by atoms with van der Waals surface area (Å²) in [5.41, 5.74) is 4.48. The first-order valence-electron chi connectivity index (χ1n) is 9.39. The lowest BCUT2D eigenvalue weighted by atomic mass is 10.1. The molecule has 1 N–H and O–H groups in total. The zero-order chi connectivity index (χ0) is 21.5. The van der Waals surface area contributed by atoms with Gasteiger partial charge in [0.1, 0.15) is 10.6 Å². The number of aryl methyl sites for hydroxylation is 3. The fraction of sp³-hybridized carbons (Fsp3) is 0.182. The molecule has 0 unspecified atom stereocenters. The molecule has 0 aliphatic rings. The predicted molar refractivity (Wildman–Crippen MR) is 117 cm³/mol. The van der Waals surface area contributed by atoms with Gasteiger partial charge in [-0.05, 0) is 62.2 Å². The summed E-state index contributed by atoms with van der Waals surface area (Å²) in [4.78, 5) is 4.56. The summed E-state index contributed by atoms with van der Waals surface area (Å²) in [5.74, 6) is 0.299. The van der Waals surface area contributed by atoms with Gasteiger partial charge in [0.25, 0.3) is 10.0 Å². The Balaban J connectivity index is 1.75.